The normalized spacial score (nSPS) is 23.1. The lowest BCUT2D eigenvalue weighted by atomic mass is 9.72. The van der Waals surface area contributed by atoms with E-state index in [1.165, 1.54) is 12.1 Å². The first-order valence-corrected chi connectivity index (χ1v) is 8.85. The number of benzene rings is 2. The molecular formula is C21H22FNO4. The van der Waals surface area contributed by atoms with E-state index in [4.69, 9.17) is 0 Å². The number of nitrogens with zero attached hydrogens (tertiary/aromatic N) is 1. The number of aliphatic carboxylic acids is 2. The van der Waals surface area contributed by atoms with Crippen molar-refractivity contribution in [3.05, 3.63) is 71.0 Å². The fourth-order valence-corrected chi connectivity index (χ4v) is 3.99. The minimum Gasteiger partial charge on any atom is -0.481 e. The highest BCUT2D eigenvalue weighted by atomic mass is 19.1. The van der Waals surface area contributed by atoms with Crippen molar-refractivity contribution < 1.29 is 24.2 Å². The van der Waals surface area contributed by atoms with E-state index in [-0.39, 0.29) is 13.1 Å². The molecule has 1 fully saturated rings. The molecule has 1 aliphatic heterocycles. The van der Waals surface area contributed by atoms with Crippen LogP contribution in [0.5, 0.6) is 0 Å². The molecule has 2 atom stereocenters. The van der Waals surface area contributed by atoms with Gasteiger partial charge in [-0.3, -0.25) is 14.5 Å². The van der Waals surface area contributed by atoms with Crippen molar-refractivity contribution in [2.75, 3.05) is 13.1 Å². The highest BCUT2D eigenvalue weighted by molar-refractivity contribution is 5.77. The lowest BCUT2D eigenvalue weighted by molar-refractivity contribution is -0.152. The maximum atomic E-state index is 14.0. The zero-order valence-electron chi connectivity index (χ0n) is 15.0. The third-order valence-corrected chi connectivity index (χ3v) is 5.33. The van der Waals surface area contributed by atoms with Crippen LogP contribution in [0.2, 0.25) is 0 Å². The van der Waals surface area contributed by atoms with E-state index in [1.54, 1.807) is 13.0 Å². The summed E-state index contributed by atoms with van der Waals surface area (Å²) in [4.78, 5) is 25.8. The SMILES string of the molecule is Cc1c(F)cccc1C1C(C(=O)O)CN(Cc2ccccc2)CC1C(=O)O. The molecule has 1 aliphatic rings. The summed E-state index contributed by atoms with van der Waals surface area (Å²) in [5.74, 6) is -5.20. The lowest BCUT2D eigenvalue weighted by Gasteiger charge is -2.41. The van der Waals surface area contributed by atoms with Gasteiger partial charge in [-0.2, -0.15) is 0 Å². The molecule has 6 heteroatoms. The van der Waals surface area contributed by atoms with Crippen LogP contribution in [0.25, 0.3) is 0 Å². The Morgan fingerprint density at radius 3 is 2.15 bits per heavy atom. The topological polar surface area (TPSA) is 77.8 Å². The maximum absolute atomic E-state index is 14.0. The first-order valence-electron chi connectivity index (χ1n) is 8.85. The Hall–Kier alpha value is -2.73. The van der Waals surface area contributed by atoms with Crippen molar-refractivity contribution in [2.45, 2.75) is 19.4 Å². The number of carbonyl (C=O) groups is 2. The Bertz CT molecular complexity index is 815. The largest absolute Gasteiger partial charge is 0.481 e. The van der Waals surface area contributed by atoms with Crippen LogP contribution in [0.1, 0.15) is 22.6 Å². The number of likely N-dealkylation sites (tertiary alicyclic amines) is 1. The van der Waals surface area contributed by atoms with Gasteiger partial charge in [0.15, 0.2) is 0 Å². The van der Waals surface area contributed by atoms with Crippen molar-refractivity contribution in [2.24, 2.45) is 11.8 Å². The fourth-order valence-electron chi connectivity index (χ4n) is 3.99. The number of rotatable bonds is 5. The summed E-state index contributed by atoms with van der Waals surface area (Å²) in [6.45, 7) is 2.48. The Kier molecular flexibility index (Phi) is 5.56. The zero-order valence-corrected chi connectivity index (χ0v) is 15.0. The molecule has 3 rings (SSSR count). The standard InChI is InChI=1S/C21H22FNO4/c1-13-15(8-5-9-18(13)22)19-16(20(24)25)11-23(12-17(19)21(26)27)10-14-6-3-2-4-7-14/h2-9,16-17,19H,10-12H2,1H3,(H,24,25)(H,26,27). The van der Waals surface area contributed by atoms with Crippen LogP contribution < -0.4 is 0 Å². The second kappa shape index (κ2) is 7.88. The number of carboxylic acids is 2. The summed E-state index contributed by atoms with van der Waals surface area (Å²) < 4.78 is 14.0. The molecule has 0 bridgehead atoms. The summed E-state index contributed by atoms with van der Waals surface area (Å²) in [5.41, 5.74) is 1.77. The molecule has 0 aromatic heterocycles. The van der Waals surface area contributed by atoms with Crippen molar-refractivity contribution in [3.63, 3.8) is 0 Å². The van der Waals surface area contributed by atoms with Crippen molar-refractivity contribution in [1.29, 1.82) is 0 Å². The van der Waals surface area contributed by atoms with E-state index < -0.39 is 35.5 Å². The minimum atomic E-state index is -1.06. The maximum Gasteiger partial charge on any atom is 0.308 e. The molecule has 2 aromatic rings. The van der Waals surface area contributed by atoms with Crippen LogP contribution >= 0.6 is 0 Å². The van der Waals surface area contributed by atoms with Crippen molar-refractivity contribution in [3.8, 4) is 0 Å². The second-order valence-electron chi connectivity index (χ2n) is 7.05. The summed E-state index contributed by atoms with van der Waals surface area (Å²) in [6, 6.07) is 14.0. The van der Waals surface area contributed by atoms with E-state index in [0.29, 0.717) is 17.7 Å². The van der Waals surface area contributed by atoms with Gasteiger partial charge in [0.25, 0.3) is 0 Å². The molecule has 2 aromatic carbocycles. The van der Waals surface area contributed by atoms with Crippen LogP contribution in [0, 0.1) is 24.6 Å². The van der Waals surface area contributed by atoms with Gasteiger partial charge in [-0.25, -0.2) is 4.39 Å². The van der Waals surface area contributed by atoms with Gasteiger partial charge >= 0.3 is 11.9 Å². The third-order valence-electron chi connectivity index (χ3n) is 5.33. The highest BCUT2D eigenvalue weighted by Crippen LogP contribution is 2.40. The predicted octanol–water partition coefficient (Wildman–Crippen LogP) is 3.14. The molecule has 2 unspecified atom stereocenters. The molecule has 0 amide bonds. The molecule has 0 spiro atoms. The number of hydrogen-bond acceptors (Lipinski definition) is 3. The quantitative estimate of drug-likeness (QED) is 0.844. The lowest BCUT2D eigenvalue weighted by Crippen LogP contribution is -2.50. The van der Waals surface area contributed by atoms with Crippen LogP contribution in [0.4, 0.5) is 4.39 Å². The van der Waals surface area contributed by atoms with E-state index in [1.807, 2.05) is 35.2 Å². The smallest absolute Gasteiger partial charge is 0.308 e. The van der Waals surface area contributed by atoms with Gasteiger partial charge in [0, 0.05) is 25.6 Å². The van der Waals surface area contributed by atoms with Crippen LogP contribution in [-0.2, 0) is 16.1 Å². The van der Waals surface area contributed by atoms with Gasteiger partial charge in [0.05, 0.1) is 11.8 Å². The Balaban J connectivity index is 1.96. The van der Waals surface area contributed by atoms with Crippen LogP contribution in [-0.4, -0.2) is 40.1 Å². The monoisotopic (exact) mass is 371 g/mol. The first kappa shape index (κ1) is 19.0. The summed E-state index contributed by atoms with van der Waals surface area (Å²) >= 11 is 0. The number of carboxylic acid groups (broad SMARTS) is 2. The van der Waals surface area contributed by atoms with Gasteiger partial charge < -0.3 is 10.2 Å². The fraction of sp³-hybridized carbons (Fsp3) is 0.333. The van der Waals surface area contributed by atoms with Crippen LogP contribution in [0.3, 0.4) is 0 Å². The van der Waals surface area contributed by atoms with E-state index in [9.17, 15) is 24.2 Å². The summed E-state index contributed by atoms with van der Waals surface area (Å²) in [5, 5.41) is 19.6. The first-order chi connectivity index (χ1) is 12.9. The third kappa shape index (κ3) is 4.01. The van der Waals surface area contributed by atoms with Gasteiger partial charge in [0.2, 0.25) is 0 Å². The van der Waals surface area contributed by atoms with Crippen molar-refractivity contribution >= 4 is 11.9 Å². The average Bonchev–Trinajstić information content (AvgIpc) is 2.64. The molecule has 1 saturated heterocycles. The molecular weight excluding hydrogens is 349 g/mol. The summed E-state index contributed by atoms with van der Waals surface area (Å²) in [6.07, 6.45) is 0. The predicted molar refractivity (Wildman–Crippen MR) is 97.8 cm³/mol. The number of halogens is 1. The van der Waals surface area contributed by atoms with E-state index in [2.05, 4.69) is 0 Å². The highest BCUT2D eigenvalue weighted by Gasteiger charge is 2.45. The summed E-state index contributed by atoms with van der Waals surface area (Å²) in [7, 11) is 0. The molecule has 5 nitrogen and oxygen atoms in total. The Labute approximate surface area is 157 Å². The zero-order chi connectivity index (χ0) is 19.6. The van der Waals surface area contributed by atoms with Gasteiger partial charge in [0.1, 0.15) is 5.82 Å². The average molecular weight is 371 g/mol. The van der Waals surface area contributed by atoms with E-state index in [0.717, 1.165) is 5.56 Å². The van der Waals surface area contributed by atoms with Gasteiger partial charge in [-0.1, -0.05) is 42.5 Å². The van der Waals surface area contributed by atoms with Crippen LogP contribution in [0.15, 0.2) is 48.5 Å². The molecule has 27 heavy (non-hydrogen) atoms. The molecule has 0 saturated carbocycles. The number of hydrogen-bond donors (Lipinski definition) is 2. The molecule has 0 aliphatic carbocycles. The van der Waals surface area contributed by atoms with Gasteiger partial charge in [-0.05, 0) is 29.7 Å². The number of piperidine rings is 1. The second-order valence-corrected chi connectivity index (χ2v) is 7.05. The van der Waals surface area contributed by atoms with E-state index >= 15 is 0 Å². The Morgan fingerprint density at radius 1 is 1.00 bits per heavy atom. The minimum absolute atomic E-state index is 0.217. The van der Waals surface area contributed by atoms with Crippen molar-refractivity contribution in [1.82, 2.24) is 4.90 Å². The molecule has 142 valence electrons. The van der Waals surface area contributed by atoms with Gasteiger partial charge in [-0.15, -0.1) is 0 Å². The molecule has 2 N–H and O–H groups in total. The Morgan fingerprint density at radius 2 is 1.59 bits per heavy atom. The molecule has 1 heterocycles. The molecule has 0 radical (unpaired) electrons.